The molecule has 0 radical (unpaired) electrons. The Labute approximate surface area is 158 Å². The van der Waals surface area contributed by atoms with E-state index in [4.69, 9.17) is 4.74 Å². The van der Waals surface area contributed by atoms with Gasteiger partial charge in [-0.25, -0.2) is 0 Å². The number of hydrogen-bond donors (Lipinski definition) is 0. The molecule has 5 nitrogen and oxygen atoms in total. The van der Waals surface area contributed by atoms with E-state index >= 15 is 0 Å². The quantitative estimate of drug-likeness (QED) is 0.476. The Bertz CT molecular complexity index is 887. The molecule has 0 unspecified atom stereocenters. The summed E-state index contributed by atoms with van der Waals surface area (Å²) in [6, 6.07) is 12.7. The second-order valence-electron chi connectivity index (χ2n) is 6.38. The molecule has 2 aromatic heterocycles. The van der Waals surface area contributed by atoms with Gasteiger partial charge in [-0.15, -0.1) is 0 Å². The number of ether oxygens (including phenoxy) is 1. The predicted octanol–water partition coefficient (Wildman–Crippen LogP) is 2.47. The van der Waals surface area contributed by atoms with Crippen molar-refractivity contribution in [1.82, 2.24) is 14.9 Å². The number of nitrogens with zero attached hydrogens (tertiary/aromatic N) is 3. The average molecular weight is 412 g/mol. The maximum atomic E-state index is 11.4. The van der Waals surface area contributed by atoms with Crippen LogP contribution in [0.2, 0.25) is 0 Å². The molecule has 0 aliphatic carbocycles. The summed E-state index contributed by atoms with van der Waals surface area (Å²) >= 11 is 0.204. The molecule has 0 spiro atoms. The van der Waals surface area contributed by atoms with Gasteiger partial charge in [0.05, 0.1) is 0 Å². The molecule has 1 aliphatic heterocycles. The fourth-order valence-electron chi connectivity index (χ4n) is 3.08. The Morgan fingerprint density at radius 1 is 1.19 bits per heavy atom. The summed E-state index contributed by atoms with van der Waals surface area (Å²) in [6.45, 7) is 2.44. The van der Waals surface area contributed by atoms with E-state index in [-0.39, 0.29) is 26.4 Å². The summed E-state index contributed by atoms with van der Waals surface area (Å²) in [5.41, 5.74) is 3.59. The van der Waals surface area contributed by atoms with Crippen molar-refractivity contribution < 1.29 is 9.53 Å². The number of rotatable bonds is 5. The van der Waals surface area contributed by atoms with Crippen LogP contribution in [-0.4, -0.2) is 55.5 Å². The van der Waals surface area contributed by atoms with Crippen LogP contribution in [-0.2, 0) is 16.1 Å². The average Bonchev–Trinajstić information content (AvgIpc) is 3.15. The van der Waals surface area contributed by atoms with Crippen LogP contribution >= 0.6 is 0 Å². The van der Waals surface area contributed by atoms with Gasteiger partial charge in [0.15, 0.2) is 0 Å². The Balaban J connectivity index is 1.39. The predicted molar refractivity (Wildman–Crippen MR) is 101 cm³/mol. The number of aromatic nitrogens is 2. The fraction of sp³-hybridized carbons (Fsp3) is 0.250. The van der Waals surface area contributed by atoms with Gasteiger partial charge in [0.25, 0.3) is 0 Å². The molecule has 6 heteroatoms. The second kappa shape index (κ2) is 7.54. The summed E-state index contributed by atoms with van der Waals surface area (Å²) in [7, 11) is 1.45. The molecule has 0 amide bonds. The van der Waals surface area contributed by atoms with Crippen LogP contribution in [0.3, 0.4) is 0 Å². The van der Waals surface area contributed by atoms with Crippen molar-refractivity contribution in [2.75, 3.05) is 20.2 Å². The summed E-state index contributed by atoms with van der Waals surface area (Å²) < 4.78 is 7.19. The third kappa shape index (κ3) is 3.63. The molecule has 0 atom stereocenters. The number of benzene rings is 1. The van der Waals surface area contributed by atoms with Gasteiger partial charge >= 0.3 is 158 Å². The summed E-state index contributed by atoms with van der Waals surface area (Å²) in [5, 5.41) is 0. The van der Waals surface area contributed by atoms with E-state index in [1.165, 1.54) is 22.7 Å². The SMILES string of the molecule is COC(=O)C1CN(Cc2ccc(-c3cnc(-c4cccnc4)[se]3)cc2)C1. The standard InChI is InChI=1S/C20H19N3O2Se/c1-25-20(24)17-12-23(13-17)11-14-4-6-15(7-5-14)18-10-22-19(26-18)16-3-2-8-21-9-16/h2-10,17H,11-13H2,1H3. The second-order valence-corrected chi connectivity index (χ2v) is 8.54. The van der Waals surface area contributed by atoms with E-state index in [2.05, 4.69) is 45.2 Å². The van der Waals surface area contributed by atoms with Crippen LogP contribution in [0.4, 0.5) is 0 Å². The van der Waals surface area contributed by atoms with Gasteiger partial charge in [-0.2, -0.15) is 0 Å². The molecule has 3 heterocycles. The molecule has 3 aromatic rings. The molecule has 1 saturated heterocycles. The summed E-state index contributed by atoms with van der Waals surface area (Å²) in [4.78, 5) is 22.5. The van der Waals surface area contributed by atoms with E-state index in [9.17, 15) is 4.79 Å². The van der Waals surface area contributed by atoms with Crippen LogP contribution in [0.15, 0.2) is 55.0 Å². The molecular weight excluding hydrogens is 393 g/mol. The van der Waals surface area contributed by atoms with Gasteiger partial charge in [0.2, 0.25) is 0 Å². The number of pyridine rings is 1. The number of likely N-dealkylation sites (tertiary alicyclic amines) is 1. The summed E-state index contributed by atoms with van der Waals surface area (Å²) in [5.74, 6) is -0.0647. The Kier molecular flexibility index (Phi) is 4.98. The summed E-state index contributed by atoms with van der Waals surface area (Å²) in [6.07, 6.45) is 5.63. The topological polar surface area (TPSA) is 55.3 Å². The molecule has 0 N–H and O–H groups in total. The van der Waals surface area contributed by atoms with Crippen molar-refractivity contribution in [3.8, 4) is 20.1 Å². The zero-order valence-corrected chi connectivity index (χ0v) is 16.2. The van der Waals surface area contributed by atoms with Crippen molar-refractivity contribution >= 4 is 20.5 Å². The van der Waals surface area contributed by atoms with Crippen molar-refractivity contribution in [2.45, 2.75) is 6.54 Å². The van der Waals surface area contributed by atoms with Crippen molar-refractivity contribution in [2.24, 2.45) is 5.92 Å². The van der Waals surface area contributed by atoms with Crippen LogP contribution < -0.4 is 0 Å². The zero-order chi connectivity index (χ0) is 17.9. The van der Waals surface area contributed by atoms with Gasteiger partial charge in [0.1, 0.15) is 0 Å². The Morgan fingerprint density at radius 3 is 2.69 bits per heavy atom. The molecule has 26 heavy (non-hydrogen) atoms. The van der Waals surface area contributed by atoms with E-state index < -0.39 is 0 Å². The molecule has 1 aliphatic rings. The van der Waals surface area contributed by atoms with Crippen LogP contribution in [0.25, 0.3) is 20.1 Å². The minimum atomic E-state index is -0.101. The molecule has 0 saturated carbocycles. The number of hydrogen-bond acceptors (Lipinski definition) is 5. The first-order chi connectivity index (χ1) is 12.7. The zero-order valence-electron chi connectivity index (χ0n) is 14.5. The molecule has 0 bridgehead atoms. The third-order valence-corrected chi connectivity index (χ3v) is 6.85. The van der Waals surface area contributed by atoms with Gasteiger partial charge in [-0.05, 0) is 0 Å². The normalized spacial score (nSPS) is 14.8. The van der Waals surface area contributed by atoms with Gasteiger partial charge in [-0.1, -0.05) is 0 Å². The van der Waals surface area contributed by atoms with Gasteiger partial charge < -0.3 is 0 Å². The van der Waals surface area contributed by atoms with Crippen LogP contribution in [0.1, 0.15) is 5.56 Å². The Morgan fingerprint density at radius 2 is 2.00 bits per heavy atom. The molecular formula is C20H19N3O2Se. The number of carbonyl (C=O) groups excluding carboxylic acids is 1. The minimum absolute atomic E-state index is 0.0358. The van der Waals surface area contributed by atoms with Crippen molar-refractivity contribution in [3.05, 3.63) is 60.6 Å². The van der Waals surface area contributed by atoms with E-state index in [1.807, 2.05) is 18.5 Å². The van der Waals surface area contributed by atoms with Crippen LogP contribution in [0, 0.1) is 5.92 Å². The fourth-order valence-corrected chi connectivity index (χ4v) is 4.99. The van der Waals surface area contributed by atoms with Gasteiger partial charge in [-0.3, -0.25) is 0 Å². The molecule has 132 valence electrons. The monoisotopic (exact) mass is 413 g/mol. The maximum absolute atomic E-state index is 11.4. The van der Waals surface area contributed by atoms with Crippen molar-refractivity contribution in [1.29, 1.82) is 0 Å². The van der Waals surface area contributed by atoms with Crippen molar-refractivity contribution in [3.63, 3.8) is 0 Å². The number of carbonyl (C=O) groups is 1. The molecule has 4 rings (SSSR count). The molecule has 1 fully saturated rings. The van der Waals surface area contributed by atoms with Gasteiger partial charge in [0, 0.05) is 0 Å². The number of methoxy groups -OCH3 is 1. The van der Waals surface area contributed by atoms with E-state index in [0.29, 0.717) is 0 Å². The van der Waals surface area contributed by atoms with E-state index in [1.54, 1.807) is 6.20 Å². The third-order valence-electron chi connectivity index (χ3n) is 4.55. The van der Waals surface area contributed by atoms with E-state index in [0.717, 1.165) is 29.8 Å². The van der Waals surface area contributed by atoms with Crippen LogP contribution in [0.5, 0.6) is 0 Å². The first-order valence-electron chi connectivity index (χ1n) is 8.48. The Hall–Kier alpha value is -2.27. The molecule has 1 aromatic carbocycles. The first kappa shape index (κ1) is 17.2. The first-order valence-corrected chi connectivity index (χ1v) is 10.2. The number of esters is 1.